The summed E-state index contributed by atoms with van der Waals surface area (Å²) in [7, 11) is 0. The van der Waals surface area contributed by atoms with E-state index >= 15 is 0 Å². The van der Waals surface area contributed by atoms with Gasteiger partial charge in [-0.05, 0) is 37.8 Å². The predicted octanol–water partition coefficient (Wildman–Crippen LogP) is 4.61. The number of aryl methyl sites for hydroxylation is 1. The number of fused-ring (bicyclic) bond motifs is 1. The van der Waals surface area contributed by atoms with E-state index in [1.165, 1.54) is 49.8 Å². The molecule has 1 aliphatic heterocycles. The summed E-state index contributed by atoms with van der Waals surface area (Å²) in [5.41, 5.74) is 3.67. The second-order valence-electron chi connectivity index (χ2n) is 7.06. The van der Waals surface area contributed by atoms with Crippen molar-refractivity contribution in [2.45, 2.75) is 57.9 Å². The highest BCUT2D eigenvalue weighted by atomic mass is 15.3. The smallest absolute Gasteiger partial charge is 0.232 e. The number of hydrogen-bond acceptors (Lipinski definition) is 4. The molecule has 126 valence electrons. The summed E-state index contributed by atoms with van der Waals surface area (Å²) in [5.74, 6) is 1.81. The van der Waals surface area contributed by atoms with Crippen LogP contribution < -0.4 is 10.2 Å². The fourth-order valence-corrected chi connectivity index (χ4v) is 3.93. The first kappa shape index (κ1) is 15.4. The van der Waals surface area contributed by atoms with E-state index in [9.17, 15) is 0 Å². The summed E-state index contributed by atoms with van der Waals surface area (Å²) >= 11 is 0. The van der Waals surface area contributed by atoms with E-state index in [4.69, 9.17) is 9.97 Å². The lowest BCUT2D eigenvalue weighted by Crippen LogP contribution is -2.21. The van der Waals surface area contributed by atoms with Crippen LogP contribution in [-0.4, -0.2) is 22.6 Å². The van der Waals surface area contributed by atoms with Crippen molar-refractivity contribution in [2.75, 3.05) is 16.8 Å². The first-order chi connectivity index (χ1) is 11.8. The van der Waals surface area contributed by atoms with Crippen molar-refractivity contribution in [2.24, 2.45) is 0 Å². The number of nitrogens with one attached hydrogen (secondary N) is 1. The minimum absolute atomic E-state index is 0.556. The quantitative estimate of drug-likeness (QED) is 0.838. The molecule has 0 radical (unpaired) electrons. The maximum atomic E-state index is 4.84. The third-order valence-corrected chi connectivity index (χ3v) is 5.18. The Balaban J connectivity index is 1.58. The second-order valence-corrected chi connectivity index (χ2v) is 7.06. The van der Waals surface area contributed by atoms with Gasteiger partial charge in [0.1, 0.15) is 5.82 Å². The Kier molecular flexibility index (Phi) is 4.37. The molecule has 0 saturated heterocycles. The van der Waals surface area contributed by atoms with Crippen LogP contribution in [0, 0.1) is 6.92 Å². The summed E-state index contributed by atoms with van der Waals surface area (Å²) in [6.45, 7) is 3.02. The molecule has 2 aromatic rings. The van der Waals surface area contributed by atoms with E-state index in [1.807, 2.05) is 0 Å². The summed E-state index contributed by atoms with van der Waals surface area (Å²) in [5, 5.41) is 3.67. The summed E-state index contributed by atoms with van der Waals surface area (Å²) in [6.07, 6.45) is 8.98. The van der Waals surface area contributed by atoms with E-state index in [0.717, 1.165) is 30.4 Å². The minimum atomic E-state index is 0.556. The Labute approximate surface area is 144 Å². The van der Waals surface area contributed by atoms with Crippen LogP contribution in [0.1, 0.15) is 49.8 Å². The molecule has 4 heteroatoms. The fourth-order valence-electron chi connectivity index (χ4n) is 3.93. The van der Waals surface area contributed by atoms with Gasteiger partial charge in [0.15, 0.2) is 0 Å². The number of hydrogen-bond donors (Lipinski definition) is 1. The molecule has 1 N–H and O–H groups in total. The minimum Gasteiger partial charge on any atom is -0.367 e. The number of rotatable bonds is 3. The highest BCUT2D eigenvalue weighted by Crippen LogP contribution is 2.33. The molecule has 0 amide bonds. The molecule has 24 heavy (non-hydrogen) atoms. The standard InChI is InChI=1S/C20H26N4/c1-15-14-19(22-17-9-4-2-3-5-10-17)23-20(21-15)24-13-12-16-8-6-7-11-18(16)24/h6-8,11,14,17H,2-5,9-10,12-13H2,1H3,(H,21,22,23). The van der Waals surface area contributed by atoms with E-state index in [2.05, 4.69) is 47.5 Å². The van der Waals surface area contributed by atoms with Gasteiger partial charge in [-0.3, -0.25) is 0 Å². The van der Waals surface area contributed by atoms with Gasteiger partial charge in [-0.25, -0.2) is 4.98 Å². The Bertz CT molecular complexity index is 705. The first-order valence-electron chi connectivity index (χ1n) is 9.27. The first-order valence-corrected chi connectivity index (χ1v) is 9.27. The average Bonchev–Trinajstić information content (AvgIpc) is 2.85. The van der Waals surface area contributed by atoms with Crippen LogP contribution in [-0.2, 0) is 6.42 Å². The predicted molar refractivity (Wildman–Crippen MR) is 99.0 cm³/mol. The second kappa shape index (κ2) is 6.80. The van der Waals surface area contributed by atoms with Crippen LogP contribution in [0.2, 0.25) is 0 Å². The molecule has 0 spiro atoms. The van der Waals surface area contributed by atoms with Crippen LogP contribution >= 0.6 is 0 Å². The monoisotopic (exact) mass is 322 g/mol. The third-order valence-electron chi connectivity index (χ3n) is 5.18. The molecule has 2 aliphatic rings. The molecule has 1 aromatic carbocycles. The van der Waals surface area contributed by atoms with Gasteiger partial charge < -0.3 is 10.2 Å². The van der Waals surface area contributed by atoms with Gasteiger partial charge in [0, 0.05) is 30.0 Å². The van der Waals surface area contributed by atoms with Crippen molar-refractivity contribution in [1.82, 2.24) is 9.97 Å². The topological polar surface area (TPSA) is 41.1 Å². The Morgan fingerprint density at radius 1 is 1.04 bits per heavy atom. The van der Waals surface area contributed by atoms with Gasteiger partial charge in [0.05, 0.1) is 0 Å². The number of para-hydroxylation sites is 1. The van der Waals surface area contributed by atoms with Gasteiger partial charge >= 0.3 is 0 Å². The average molecular weight is 322 g/mol. The third kappa shape index (κ3) is 3.23. The van der Waals surface area contributed by atoms with E-state index < -0.39 is 0 Å². The Morgan fingerprint density at radius 2 is 1.83 bits per heavy atom. The molecule has 4 rings (SSSR count). The molecule has 4 nitrogen and oxygen atoms in total. The van der Waals surface area contributed by atoms with E-state index in [1.54, 1.807) is 0 Å². The summed E-state index contributed by atoms with van der Waals surface area (Å²) in [6, 6.07) is 11.2. The van der Waals surface area contributed by atoms with E-state index in [0.29, 0.717) is 6.04 Å². The molecule has 0 atom stereocenters. The lowest BCUT2D eigenvalue weighted by molar-refractivity contribution is 0.617. The Hall–Kier alpha value is -2.10. The zero-order valence-electron chi connectivity index (χ0n) is 14.5. The van der Waals surface area contributed by atoms with Crippen LogP contribution in [0.4, 0.5) is 17.5 Å². The van der Waals surface area contributed by atoms with Gasteiger partial charge in [0.2, 0.25) is 5.95 Å². The van der Waals surface area contributed by atoms with Crippen LogP contribution in [0.3, 0.4) is 0 Å². The lowest BCUT2D eigenvalue weighted by Gasteiger charge is -2.21. The zero-order valence-corrected chi connectivity index (χ0v) is 14.5. The highest BCUT2D eigenvalue weighted by Gasteiger charge is 2.23. The van der Waals surface area contributed by atoms with Crippen LogP contribution in [0.25, 0.3) is 0 Å². The molecule has 0 unspecified atom stereocenters. The van der Waals surface area contributed by atoms with Crippen molar-refractivity contribution < 1.29 is 0 Å². The molecule has 1 aromatic heterocycles. The van der Waals surface area contributed by atoms with Crippen molar-refractivity contribution >= 4 is 17.5 Å². The van der Waals surface area contributed by atoms with Crippen molar-refractivity contribution in [3.63, 3.8) is 0 Å². The molecular formula is C20H26N4. The van der Waals surface area contributed by atoms with Crippen molar-refractivity contribution in [1.29, 1.82) is 0 Å². The van der Waals surface area contributed by atoms with Gasteiger partial charge in [-0.1, -0.05) is 43.9 Å². The van der Waals surface area contributed by atoms with Crippen LogP contribution in [0.15, 0.2) is 30.3 Å². The fraction of sp³-hybridized carbons (Fsp3) is 0.500. The maximum Gasteiger partial charge on any atom is 0.232 e. The maximum absolute atomic E-state index is 4.84. The largest absolute Gasteiger partial charge is 0.367 e. The zero-order chi connectivity index (χ0) is 16.4. The van der Waals surface area contributed by atoms with Crippen molar-refractivity contribution in [3.05, 3.63) is 41.6 Å². The summed E-state index contributed by atoms with van der Waals surface area (Å²) < 4.78 is 0. The normalized spacial score (nSPS) is 18.3. The molecular weight excluding hydrogens is 296 g/mol. The molecule has 1 aliphatic carbocycles. The molecule has 1 fully saturated rings. The van der Waals surface area contributed by atoms with Gasteiger partial charge in [0.25, 0.3) is 0 Å². The molecule has 1 saturated carbocycles. The summed E-state index contributed by atoms with van der Waals surface area (Å²) in [4.78, 5) is 11.8. The SMILES string of the molecule is Cc1cc(NC2CCCCCC2)nc(N2CCc3ccccc32)n1. The van der Waals surface area contributed by atoms with E-state index in [-0.39, 0.29) is 0 Å². The number of nitrogens with zero attached hydrogens (tertiary/aromatic N) is 3. The molecule has 2 heterocycles. The number of aromatic nitrogens is 2. The highest BCUT2D eigenvalue weighted by molar-refractivity contribution is 5.66. The molecule has 0 bridgehead atoms. The number of anilines is 3. The lowest BCUT2D eigenvalue weighted by atomic mass is 10.1. The van der Waals surface area contributed by atoms with Gasteiger partial charge in [-0.15, -0.1) is 0 Å². The van der Waals surface area contributed by atoms with Crippen molar-refractivity contribution in [3.8, 4) is 0 Å². The Morgan fingerprint density at radius 3 is 2.67 bits per heavy atom. The van der Waals surface area contributed by atoms with Gasteiger partial charge in [-0.2, -0.15) is 4.98 Å². The number of benzene rings is 1. The van der Waals surface area contributed by atoms with Crippen LogP contribution in [0.5, 0.6) is 0 Å².